The lowest BCUT2D eigenvalue weighted by Gasteiger charge is -2.33. The Balaban J connectivity index is 0.00000300. The van der Waals surface area contributed by atoms with E-state index in [2.05, 4.69) is 65.7 Å². The standard InChI is InChI=1S/C21H28BrN5O.HI/c1-23-21(25-11-14-28-20-3-2-10-24-15-20)26-19-8-12-27(13-9-19)16-17-4-6-18(22)7-5-17;/h2-7,10,15,19H,8-9,11-14,16H2,1H3,(H2,23,25,26);1H. The zero-order valence-electron chi connectivity index (χ0n) is 16.7. The molecule has 3 rings (SSSR count). The first kappa shape index (κ1) is 23.9. The van der Waals surface area contributed by atoms with Crippen LogP contribution in [0.5, 0.6) is 5.75 Å². The molecule has 1 aliphatic heterocycles. The Hall–Kier alpha value is -1.39. The highest BCUT2D eigenvalue weighted by Crippen LogP contribution is 2.16. The van der Waals surface area contributed by atoms with Crippen molar-refractivity contribution < 1.29 is 4.74 Å². The maximum atomic E-state index is 5.65. The first-order valence-corrected chi connectivity index (χ1v) is 10.5. The van der Waals surface area contributed by atoms with Gasteiger partial charge in [0.2, 0.25) is 0 Å². The summed E-state index contributed by atoms with van der Waals surface area (Å²) in [7, 11) is 1.81. The van der Waals surface area contributed by atoms with E-state index < -0.39 is 0 Å². The maximum Gasteiger partial charge on any atom is 0.191 e. The molecule has 158 valence electrons. The quantitative estimate of drug-likeness (QED) is 0.229. The number of pyridine rings is 1. The van der Waals surface area contributed by atoms with E-state index in [1.807, 2.05) is 12.1 Å². The number of aromatic nitrogens is 1. The number of nitrogens with one attached hydrogen (secondary N) is 2. The normalized spacial score (nSPS) is 15.4. The van der Waals surface area contributed by atoms with Crippen LogP contribution in [0.4, 0.5) is 0 Å². The second-order valence-electron chi connectivity index (χ2n) is 6.86. The molecule has 0 bridgehead atoms. The lowest BCUT2D eigenvalue weighted by Crippen LogP contribution is -2.49. The third-order valence-electron chi connectivity index (χ3n) is 4.77. The number of nitrogens with zero attached hydrogens (tertiary/aromatic N) is 3. The minimum Gasteiger partial charge on any atom is -0.490 e. The van der Waals surface area contributed by atoms with Gasteiger partial charge in [-0.25, -0.2) is 0 Å². The van der Waals surface area contributed by atoms with Gasteiger partial charge in [0.05, 0.1) is 12.7 Å². The Morgan fingerprint density at radius 1 is 1.24 bits per heavy atom. The number of halogens is 2. The Labute approximate surface area is 198 Å². The van der Waals surface area contributed by atoms with Gasteiger partial charge in [-0.1, -0.05) is 28.1 Å². The Morgan fingerprint density at radius 2 is 2.00 bits per heavy atom. The number of hydrogen-bond donors (Lipinski definition) is 2. The average molecular weight is 574 g/mol. The second-order valence-corrected chi connectivity index (χ2v) is 7.77. The van der Waals surface area contributed by atoms with E-state index in [9.17, 15) is 0 Å². The minimum absolute atomic E-state index is 0. The van der Waals surface area contributed by atoms with E-state index in [0.717, 1.165) is 48.7 Å². The molecule has 0 aliphatic carbocycles. The van der Waals surface area contributed by atoms with Crippen molar-refractivity contribution in [2.24, 2.45) is 4.99 Å². The second kappa shape index (κ2) is 13.0. The van der Waals surface area contributed by atoms with E-state index in [1.54, 1.807) is 19.4 Å². The Kier molecular flexibility index (Phi) is 10.7. The average Bonchev–Trinajstić information content (AvgIpc) is 2.74. The minimum atomic E-state index is 0. The molecular weight excluding hydrogens is 545 g/mol. The van der Waals surface area contributed by atoms with Crippen LogP contribution in [-0.2, 0) is 6.54 Å². The molecule has 0 atom stereocenters. The van der Waals surface area contributed by atoms with Crippen molar-refractivity contribution in [1.82, 2.24) is 20.5 Å². The van der Waals surface area contributed by atoms with Crippen LogP contribution in [0.1, 0.15) is 18.4 Å². The molecule has 1 fully saturated rings. The van der Waals surface area contributed by atoms with E-state index in [1.165, 1.54) is 5.56 Å². The molecule has 6 nitrogen and oxygen atoms in total. The molecule has 0 spiro atoms. The zero-order valence-corrected chi connectivity index (χ0v) is 20.6. The summed E-state index contributed by atoms with van der Waals surface area (Å²) in [6.45, 7) is 4.46. The summed E-state index contributed by atoms with van der Waals surface area (Å²) in [5.41, 5.74) is 1.36. The van der Waals surface area contributed by atoms with Crippen LogP contribution in [0.15, 0.2) is 58.3 Å². The van der Waals surface area contributed by atoms with Crippen molar-refractivity contribution in [1.29, 1.82) is 0 Å². The van der Waals surface area contributed by atoms with E-state index in [-0.39, 0.29) is 24.0 Å². The van der Waals surface area contributed by atoms with Gasteiger partial charge < -0.3 is 15.4 Å². The van der Waals surface area contributed by atoms with Gasteiger partial charge >= 0.3 is 0 Å². The molecule has 2 heterocycles. The van der Waals surface area contributed by atoms with Gasteiger partial charge in [-0.05, 0) is 42.7 Å². The summed E-state index contributed by atoms with van der Waals surface area (Å²) in [5, 5.41) is 6.85. The fourth-order valence-electron chi connectivity index (χ4n) is 3.24. The molecule has 0 unspecified atom stereocenters. The molecule has 8 heteroatoms. The van der Waals surface area contributed by atoms with Gasteiger partial charge in [-0.15, -0.1) is 24.0 Å². The van der Waals surface area contributed by atoms with E-state index >= 15 is 0 Å². The Bertz CT molecular complexity index is 736. The predicted octanol–water partition coefficient (Wildman–Crippen LogP) is 3.67. The third-order valence-corrected chi connectivity index (χ3v) is 5.30. The van der Waals surface area contributed by atoms with Crippen LogP contribution in [-0.4, -0.2) is 55.2 Å². The summed E-state index contributed by atoms with van der Waals surface area (Å²) >= 11 is 3.49. The van der Waals surface area contributed by atoms with E-state index in [0.29, 0.717) is 19.2 Å². The molecular formula is C21H29BrIN5O. The van der Waals surface area contributed by atoms with Gasteiger partial charge in [-0.2, -0.15) is 0 Å². The number of ether oxygens (including phenoxy) is 1. The predicted molar refractivity (Wildman–Crippen MR) is 132 cm³/mol. The first-order chi connectivity index (χ1) is 13.7. The first-order valence-electron chi connectivity index (χ1n) is 9.70. The fourth-order valence-corrected chi connectivity index (χ4v) is 3.51. The van der Waals surface area contributed by atoms with Crippen LogP contribution in [0.25, 0.3) is 0 Å². The Morgan fingerprint density at radius 3 is 2.66 bits per heavy atom. The molecule has 2 aromatic rings. The summed E-state index contributed by atoms with van der Waals surface area (Å²) in [6, 6.07) is 12.8. The van der Waals surface area contributed by atoms with Crippen molar-refractivity contribution in [3.05, 3.63) is 58.8 Å². The van der Waals surface area contributed by atoms with Crippen molar-refractivity contribution in [3.8, 4) is 5.75 Å². The van der Waals surface area contributed by atoms with E-state index in [4.69, 9.17) is 4.74 Å². The highest BCUT2D eigenvalue weighted by molar-refractivity contribution is 14.0. The van der Waals surface area contributed by atoms with Crippen molar-refractivity contribution in [2.45, 2.75) is 25.4 Å². The molecule has 0 radical (unpaired) electrons. The SMILES string of the molecule is CN=C(NCCOc1cccnc1)NC1CCN(Cc2ccc(Br)cc2)CC1.I. The number of piperidine rings is 1. The summed E-state index contributed by atoms with van der Waals surface area (Å²) < 4.78 is 6.78. The van der Waals surface area contributed by atoms with Crippen LogP contribution >= 0.6 is 39.9 Å². The highest BCUT2D eigenvalue weighted by Gasteiger charge is 2.20. The molecule has 2 N–H and O–H groups in total. The number of rotatable bonds is 7. The fraction of sp³-hybridized carbons (Fsp3) is 0.429. The largest absolute Gasteiger partial charge is 0.490 e. The molecule has 1 aliphatic rings. The lowest BCUT2D eigenvalue weighted by molar-refractivity contribution is 0.198. The molecule has 0 amide bonds. The van der Waals surface area contributed by atoms with Crippen LogP contribution in [0.3, 0.4) is 0 Å². The number of hydrogen-bond acceptors (Lipinski definition) is 4. The lowest BCUT2D eigenvalue weighted by atomic mass is 10.0. The van der Waals surface area contributed by atoms with Gasteiger partial charge in [0, 0.05) is 43.4 Å². The number of aliphatic imine (C=N–C) groups is 1. The molecule has 29 heavy (non-hydrogen) atoms. The van der Waals surface area contributed by atoms with Gasteiger partial charge in [0.1, 0.15) is 12.4 Å². The smallest absolute Gasteiger partial charge is 0.191 e. The summed E-state index contributed by atoms with van der Waals surface area (Å²) in [5.74, 6) is 1.62. The number of benzene rings is 1. The van der Waals surface area contributed by atoms with Crippen molar-refractivity contribution in [3.63, 3.8) is 0 Å². The van der Waals surface area contributed by atoms with Crippen LogP contribution < -0.4 is 15.4 Å². The van der Waals surface area contributed by atoms with Crippen molar-refractivity contribution >= 4 is 45.9 Å². The van der Waals surface area contributed by atoms with Gasteiger partial charge in [0.15, 0.2) is 5.96 Å². The summed E-state index contributed by atoms with van der Waals surface area (Å²) in [4.78, 5) is 10.9. The zero-order chi connectivity index (χ0) is 19.6. The van der Waals surface area contributed by atoms with Crippen molar-refractivity contribution in [2.75, 3.05) is 33.3 Å². The van der Waals surface area contributed by atoms with Crippen LogP contribution in [0, 0.1) is 0 Å². The van der Waals surface area contributed by atoms with Gasteiger partial charge in [-0.3, -0.25) is 14.9 Å². The third kappa shape index (κ3) is 8.47. The van der Waals surface area contributed by atoms with Gasteiger partial charge in [0.25, 0.3) is 0 Å². The molecule has 0 saturated carbocycles. The topological polar surface area (TPSA) is 61.8 Å². The molecule has 1 aromatic heterocycles. The highest BCUT2D eigenvalue weighted by atomic mass is 127. The van der Waals surface area contributed by atoms with Crippen LogP contribution in [0.2, 0.25) is 0 Å². The summed E-state index contributed by atoms with van der Waals surface area (Å²) in [6.07, 6.45) is 5.68. The molecule has 1 saturated heterocycles. The monoisotopic (exact) mass is 573 g/mol. The number of likely N-dealkylation sites (tertiary alicyclic amines) is 1. The number of guanidine groups is 1. The maximum absolute atomic E-state index is 5.65. The molecule has 1 aromatic carbocycles.